The lowest BCUT2D eigenvalue weighted by Gasteiger charge is -2.14. The molecule has 108 valence electrons. The molecule has 3 aromatic rings. The topological polar surface area (TPSA) is 43.8 Å². The van der Waals surface area contributed by atoms with Crippen LogP contribution < -0.4 is 5.73 Å². The fourth-order valence-electron chi connectivity index (χ4n) is 2.44. The second kappa shape index (κ2) is 5.84. The Morgan fingerprint density at radius 2 is 2.05 bits per heavy atom. The number of nitrogens with zero attached hydrogens (tertiary/aromatic N) is 2. The van der Waals surface area contributed by atoms with E-state index < -0.39 is 0 Å². The second-order valence-electron chi connectivity index (χ2n) is 5.09. The molecule has 21 heavy (non-hydrogen) atoms. The van der Waals surface area contributed by atoms with Gasteiger partial charge in [-0.05, 0) is 36.2 Å². The maximum absolute atomic E-state index is 13.8. The number of hydrogen-bond acceptors (Lipinski definition) is 2. The number of nitrogens with two attached hydrogens (primary N) is 1. The maximum Gasteiger partial charge on any atom is 0.127 e. The van der Waals surface area contributed by atoms with E-state index in [0.29, 0.717) is 23.6 Å². The summed E-state index contributed by atoms with van der Waals surface area (Å²) in [5.74, 6) is -0.312. The van der Waals surface area contributed by atoms with Gasteiger partial charge >= 0.3 is 0 Å². The number of halogens is 2. The molecular weight excluding hydrogens is 289 g/mol. The maximum atomic E-state index is 13.8. The summed E-state index contributed by atoms with van der Waals surface area (Å²) in [5.41, 5.74) is 8.69. The third-order valence-corrected chi connectivity index (χ3v) is 3.69. The molecule has 3 nitrogen and oxygen atoms in total. The second-order valence-corrected chi connectivity index (χ2v) is 5.52. The molecule has 0 saturated heterocycles. The van der Waals surface area contributed by atoms with E-state index in [4.69, 9.17) is 17.3 Å². The number of hydrogen-bond donors (Lipinski definition) is 1. The van der Waals surface area contributed by atoms with Gasteiger partial charge in [0.2, 0.25) is 0 Å². The fourth-order valence-corrected chi connectivity index (χ4v) is 2.60. The molecule has 0 aliphatic carbocycles. The monoisotopic (exact) mass is 303 g/mol. The van der Waals surface area contributed by atoms with Gasteiger partial charge in [-0.2, -0.15) is 0 Å². The zero-order valence-electron chi connectivity index (χ0n) is 11.3. The Bertz CT molecular complexity index is 769. The lowest BCUT2D eigenvalue weighted by Crippen LogP contribution is -2.28. The van der Waals surface area contributed by atoms with Crippen molar-refractivity contribution in [3.8, 4) is 0 Å². The van der Waals surface area contributed by atoms with Crippen molar-refractivity contribution >= 4 is 22.6 Å². The van der Waals surface area contributed by atoms with Gasteiger partial charge < -0.3 is 10.3 Å². The van der Waals surface area contributed by atoms with Crippen LogP contribution in [0.4, 0.5) is 4.39 Å². The van der Waals surface area contributed by atoms with Gasteiger partial charge in [-0.15, -0.1) is 0 Å². The van der Waals surface area contributed by atoms with Crippen LogP contribution in [0.1, 0.15) is 5.56 Å². The molecule has 0 fully saturated rings. The number of fused-ring (bicyclic) bond motifs is 1. The minimum absolute atomic E-state index is 0.196. The summed E-state index contributed by atoms with van der Waals surface area (Å²) >= 11 is 5.75. The van der Waals surface area contributed by atoms with Crippen LogP contribution in [0.5, 0.6) is 0 Å². The Morgan fingerprint density at radius 1 is 1.24 bits per heavy atom. The fraction of sp³-hybridized carbons (Fsp3) is 0.188. The van der Waals surface area contributed by atoms with E-state index in [9.17, 15) is 4.39 Å². The van der Waals surface area contributed by atoms with Gasteiger partial charge in [0, 0.05) is 17.6 Å². The van der Waals surface area contributed by atoms with Gasteiger partial charge in [-0.3, -0.25) is 0 Å². The van der Waals surface area contributed by atoms with Crippen molar-refractivity contribution < 1.29 is 4.39 Å². The standard InChI is InChI=1S/C16H15ClFN3/c17-12-6-5-11(14(18)8-12)7-13(19)9-21-10-20-15-3-1-2-4-16(15)21/h1-6,8,10,13H,7,9,19H2. The molecule has 2 aromatic carbocycles. The third-order valence-electron chi connectivity index (χ3n) is 3.46. The Morgan fingerprint density at radius 3 is 2.86 bits per heavy atom. The van der Waals surface area contributed by atoms with Gasteiger partial charge in [0.25, 0.3) is 0 Å². The SMILES string of the molecule is NC(Cc1ccc(Cl)cc1F)Cn1cnc2ccccc21. The van der Waals surface area contributed by atoms with Gasteiger partial charge in [-0.1, -0.05) is 29.8 Å². The molecular formula is C16H15ClFN3. The van der Waals surface area contributed by atoms with Crippen LogP contribution in [0.25, 0.3) is 11.0 Å². The van der Waals surface area contributed by atoms with Crippen molar-refractivity contribution in [2.24, 2.45) is 5.73 Å². The molecule has 1 aromatic heterocycles. The highest BCUT2D eigenvalue weighted by atomic mass is 35.5. The molecule has 1 atom stereocenters. The predicted molar refractivity (Wildman–Crippen MR) is 82.8 cm³/mol. The number of aromatic nitrogens is 2. The summed E-state index contributed by atoms with van der Waals surface area (Å²) in [6.07, 6.45) is 2.22. The Balaban J connectivity index is 1.75. The van der Waals surface area contributed by atoms with Crippen LogP contribution in [0.2, 0.25) is 5.02 Å². The molecule has 0 aliphatic heterocycles. The molecule has 0 bridgehead atoms. The van der Waals surface area contributed by atoms with Crippen LogP contribution in [0.15, 0.2) is 48.8 Å². The van der Waals surface area contributed by atoms with Crippen molar-refractivity contribution in [2.45, 2.75) is 19.0 Å². The molecule has 1 unspecified atom stereocenters. The number of benzene rings is 2. The van der Waals surface area contributed by atoms with Crippen LogP contribution in [-0.2, 0) is 13.0 Å². The largest absolute Gasteiger partial charge is 0.329 e. The molecule has 0 amide bonds. The van der Waals surface area contributed by atoms with Gasteiger partial charge in [-0.25, -0.2) is 9.37 Å². The first kappa shape index (κ1) is 14.0. The average Bonchev–Trinajstić information content (AvgIpc) is 2.85. The van der Waals surface area contributed by atoms with Crippen molar-refractivity contribution in [1.29, 1.82) is 0 Å². The Kier molecular flexibility index (Phi) is 3.90. The quantitative estimate of drug-likeness (QED) is 0.803. The van der Waals surface area contributed by atoms with E-state index in [1.807, 2.05) is 28.8 Å². The highest BCUT2D eigenvalue weighted by molar-refractivity contribution is 6.30. The normalized spacial score (nSPS) is 12.7. The van der Waals surface area contributed by atoms with Crippen LogP contribution >= 0.6 is 11.6 Å². The lowest BCUT2D eigenvalue weighted by molar-refractivity contribution is 0.537. The first-order valence-corrected chi connectivity index (χ1v) is 7.10. The number of imidazole rings is 1. The van der Waals surface area contributed by atoms with Crippen LogP contribution in [0, 0.1) is 5.82 Å². The molecule has 0 aliphatic rings. The zero-order chi connectivity index (χ0) is 14.8. The summed E-state index contributed by atoms with van der Waals surface area (Å²) < 4.78 is 15.8. The highest BCUT2D eigenvalue weighted by Gasteiger charge is 2.11. The number of rotatable bonds is 4. The molecule has 0 spiro atoms. The molecule has 0 radical (unpaired) electrons. The first-order valence-electron chi connectivity index (χ1n) is 6.73. The summed E-state index contributed by atoms with van der Waals surface area (Å²) in [6.45, 7) is 0.586. The Hall–Kier alpha value is -1.91. The van der Waals surface area contributed by atoms with E-state index in [1.54, 1.807) is 18.5 Å². The average molecular weight is 304 g/mol. The van der Waals surface area contributed by atoms with Crippen molar-refractivity contribution in [3.05, 3.63) is 65.2 Å². The summed E-state index contributed by atoms with van der Waals surface area (Å²) in [6, 6.07) is 12.3. The predicted octanol–water partition coefficient (Wildman–Crippen LogP) is 3.40. The number of para-hydroxylation sites is 2. The first-order chi connectivity index (χ1) is 10.1. The van der Waals surface area contributed by atoms with E-state index in [2.05, 4.69) is 4.98 Å². The smallest absolute Gasteiger partial charge is 0.127 e. The molecule has 1 heterocycles. The van der Waals surface area contributed by atoms with Crippen molar-refractivity contribution in [2.75, 3.05) is 0 Å². The molecule has 3 rings (SSSR count). The third kappa shape index (κ3) is 3.06. The summed E-state index contributed by atoms with van der Waals surface area (Å²) in [7, 11) is 0. The molecule has 2 N–H and O–H groups in total. The van der Waals surface area contributed by atoms with Gasteiger partial charge in [0.15, 0.2) is 0 Å². The van der Waals surface area contributed by atoms with Crippen molar-refractivity contribution in [3.63, 3.8) is 0 Å². The molecule has 5 heteroatoms. The molecule has 0 saturated carbocycles. The van der Waals surface area contributed by atoms with Gasteiger partial charge in [0.05, 0.1) is 17.4 Å². The van der Waals surface area contributed by atoms with E-state index in [-0.39, 0.29) is 11.9 Å². The zero-order valence-corrected chi connectivity index (χ0v) is 12.1. The van der Waals surface area contributed by atoms with Crippen LogP contribution in [0.3, 0.4) is 0 Å². The van der Waals surface area contributed by atoms with E-state index in [0.717, 1.165) is 11.0 Å². The minimum atomic E-state index is -0.312. The highest BCUT2D eigenvalue weighted by Crippen LogP contribution is 2.17. The van der Waals surface area contributed by atoms with Gasteiger partial charge in [0.1, 0.15) is 5.82 Å². The Labute approximate surface area is 127 Å². The van der Waals surface area contributed by atoms with E-state index >= 15 is 0 Å². The van der Waals surface area contributed by atoms with E-state index in [1.165, 1.54) is 6.07 Å². The van der Waals surface area contributed by atoms with Crippen LogP contribution in [-0.4, -0.2) is 15.6 Å². The summed E-state index contributed by atoms with van der Waals surface area (Å²) in [5, 5.41) is 0.394. The van der Waals surface area contributed by atoms with Crippen molar-refractivity contribution in [1.82, 2.24) is 9.55 Å². The summed E-state index contributed by atoms with van der Waals surface area (Å²) in [4.78, 5) is 4.32. The minimum Gasteiger partial charge on any atom is -0.329 e. The lowest BCUT2D eigenvalue weighted by atomic mass is 10.1.